The number of nitrogens with zero attached hydrogens (tertiary/aromatic N) is 2. The molecule has 0 radical (unpaired) electrons. The zero-order valence-corrected chi connectivity index (χ0v) is 19.0. The summed E-state index contributed by atoms with van der Waals surface area (Å²) in [6, 6.07) is 7.36. The van der Waals surface area contributed by atoms with E-state index in [-0.39, 0.29) is 22.7 Å². The summed E-state index contributed by atoms with van der Waals surface area (Å²) in [7, 11) is -3.48. The molecular formula is C23H34N2O3S. The maximum Gasteiger partial charge on any atom is 0.243 e. The lowest BCUT2D eigenvalue weighted by atomic mass is 9.65. The number of amides is 1. The second kappa shape index (κ2) is 7.09. The number of carbonyl (C=O) groups is 1. The Hall–Kier alpha value is -1.40. The number of sulfonamides is 1. The third kappa shape index (κ3) is 3.98. The van der Waals surface area contributed by atoms with Gasteiger partial charge in [0.05, 0.1) is 4.90 Å². The molecule has 1 amide bonds. The van der Waals surface area contributed by atoms with Crippen LogP contribution in [0, 0.1) is 23.7 Å². The first-order chi connectivity index (χ1) is 13.5. The lowest BCUT2D eigenvalue weighted by Gasteiger charge is -2.40. The number of fused-ring (bicyclic) bond motifs is 2. The van der Waals surface area contributed by atoms with Crippen LogP contribution >= 0.6 is 0 Å². The van der Waals surface area contributed by atoms with Gasteiger partial charge in [-0.3, -0.25) is 4.79 Å². The minimum absolute atomic E-state index is 0.0504. The fourth-order valence-electron chi connectivity index (χ4n) is 6.15. The molecule has 0 N–H and O–H groups in total. The molecule has 3 aliphatic rings. The molecule has 0 aromatic heterocycles. The Kier molecular flexibility index (Phi) is 5.10. The zero-order valence-electron chi connectivity index (χ0n) is 18.1. The van der Waals surface area contributed by atoms with Crippen LogP contribution in [0.5, 0.6) is 0 Å². The number of hydrogen-bond donors (Lipinski definition) is 0. The first-order valence-corrected chi connectivity index (χ1v) is 12.3. The lowest BCUT2D eigenvalue weighted by molar-refractivity contribution is -0.138. The van der Waals surface area contributed by atoms with Crippen LogP contribution in [0.15, 0.2) is 29.2 Å². The smallest absolute Gasteiger partial charge is 0.243 e. The first-order valence-electron chi connectivity index (χ1n) is 10.9. The van der Waals surface area contributed by atoms with E-state index in [0.717, 1.165) is 24.9 Å². The van der Waals surface area contributed by atoms with Crippen LogP contribution in [0.4, 0.5) is 0 Å². The highest BCUT2D eigenvalue weighted by molar-refractivity contribution is 7.89. The fraction of sp³-hybridized carbons (Fsp3) is 0.696. The number of piperidine rings is 1. The van der Waals surface area contributed by atoms with Crippen LogP contribution in [0.3, 0.4) is 0 Å². The molecule has 2 bridgehead atoms. The molecule has 2 atom stereocenters. The quantitative estimate of drug-likeness (QED) is 0.750. The van der Waals surface area contributed by atoms with Gasteiger partial charge in [0.1, 0.15) is 0 Å². The average Bonchev–Trinajstić information content (AvgIpc) is 2.90. The highest BCUT2D eigenvalue weighted by atomic mass is 32.2. The van der Waals surface area contributed by atoms with Gasteiger partial charge >= 0.3 is 0 Å². The largest absolute Gasteiger partial charge is 0.339 e. The third-order valence-electron chi connectivity index (χ3n) is 7.16. The number of aryl methyl sites for hydroxylation is 1. The normalized spacial score (nSPS) is 30.5. The molecular weight excluding hydrogens is 384 g/mol. The minimum Gasteiger partial charge on any atom is -0.339 e. The SMILES string of the molecule is Cc1ccc(S(=O)(=O)N2CCC(C(=O)N3C[C@]4(C)C[C@@H]3CC(C)(C)C4)CC2)cc1. The van der Waals surface area contributed by atoms with Gasteiger partial charge in [-0.05, 0) is 62.0 Å². The summed E-state index contributed by atoms with van der Waals surface area (Å²) in [5.74, 6) is 0.203. The Balaban J connectivity index is 1.41. The van der Waals surface area contributed by atoms with Crippen molar-refractivity contribution in [1.29, 1.82) is 0 Å². The molecule has 5 nitrogen and oxygen atoms in total. The summed E-state index contributed by atoms with van der Waals surface area (Å²) in [5.41, 5.74) is 1.57. The van der Waals surface area contributed by atoms with Crippen molar-refractivity contribution in [2.45, 2.75) is 70.7 Å². The number of likely N-dealkylation sites (tertiary alicyclic amines) is 1. The number of carbonyl (C=O) groups excluding carboxylic acids is 1. The van der Waals surface area contributed by atoms with E-state index in [2.05, 4.69) is 25.7 Å². The van der Waals surface area contributed by atoms with Crippen molar-refractivity contribution in [3.05, 3.63) is 29.8 Å². The van der Waals surface area contributed by atoms with Crippen molar-refractivity contribution < 1.29 is 13.2 Å². The van der Waals surface area contributed by atoms with Crippen molar-refractivity contribution in [2.24, 2.45) is 16.7 Å². The number of hydrogen-bond acceptors (Lipinski definition) is 3. The van der Waals surface area contributed by atoms with Crippen LogP contribution in [0.25, 0.3) is 0 Å². The summed E-state index contributed by atoms with van der Waals surface area (Å²) >= 11 is 0. The van der Waals surface area contributed by atoms with E-state index in [9.17, 15) is 13.2 Å². The van der Waals surface area contributed by atoms with Gasteiger partial charge < -0.3 is 4.90 Å². The molecule has 4 rings (SSSR count). The standard InChI is InChI=1S/C23H34N2O3S/c1-17-5-7-20(8-6-17)29(27,28)24-11-9-18(10-12-24)21(26)25-16-23(4)14-19(25)13-22(2,3)15-23/h5-8,18-19H,9-16H2,1-4H3/t19-,23+/m0/s1. The summed E-state index contributed by atoms with van der Waals surface area (Å²) < 4.78 is 27.4. The fourth-order valence-corrected chi connectivity index (χ4v) is 7.62. The van der Waals surface area contributed by atoms with E-state index < -0.39 is 10.0 Å². The molecule has 2 aliphatic heterocycles. The van der Waals surface area contributed by atoms with Gasteiger partial charge in [-0.2, -0.15) is 4.31 Å². The Labute approximate surface area is 175 Å². The van der Waals surface area contributed by atoms with Crippen LogP contribution in [0.2, 0.25) is 0 Å². The lowest BCUT2D eigenvalue weighted by Crippen LogP contribution is -2.46. The maximum absolute atomic E-state index is 13.3. The van der Waals surface area contributed by atoms with E-state index in [1.165, 1.54) is 6.42 Å². The second-order valence-electron chi connectivity index (χ2n) is 10.7. The van der Waals surface area contributed by atoms with Gasteiger partial charge in [-0.15, -0.1) is 0 Å². The van der Waals surface area contributed by atoms with Gasteiger partial charge in [0.15, 0.2) is 0 Å². The van der Waals surface area contributed by atoms with Gasteiger partial charge in [0, 0.05) is 31.6 Å². The Bertz CT molecular complexity index is 885. The topological polar surface area (TPSA) is 57.7 Å². The monoisotopic (exact) mass is 418 g/mol. The van der Waals surface area contributed by atoms with Crippen molar-refractivity contribution >= 4 is 15.9 Å². The minimum atomic E-state index is -3.48. The van der Waals surface area contributed by atoms with Crippen molar-refractivity contribution in [3.63, 3.8) is 0 Å². The molecule has 0 spiro atoms. The highest BCUT2D eigenvalue weighted by Gasteiger charge is 2.51. The third-order valence-corrected chi connectivity index (χ3v) is 9.07. The summed E-state index contributed by atoms with van der Waals surface area (Å²) in [6.45, 7) is 10.6. The summed E-state index contributed by atoms with van der Waals surface area (Å²) in [4.78, 5) is 15.8. The molecule has 29 heavy (non-hydrogen) atoms. The summed E-state index contributed by atoms with van der Waals surface area (Å²) in [6.07, 6.45) is 4.60. The second-order valence-corrected chi connectivity index (χ2v) is 12.6. The molecule has 2 saturated heterocycles. The van der Waals surface area contributed by atoms with Crippen molar-refractivity contribution in [2.75, 3.05) is 19.6 Å². The average molecular weight is 419 g/mol. The predicted octanol–water partition coefficient (Wildman–Crippen LogP) is 3.82. The van der Waals surface area contributed by atoms with E-state index in [4.69, 9.17) is 0 Å². The van der Waals surface area contributed by atoms with E-state index >= 15 is 0 Å². The number of benzene rings is 1. The molecule has 1 aromatic rings. The van der Waals surface area contributed by atoms with Gasteiger partial charge in [0.25, 0.3) is 0 Å². The highest BCUT2D eigenvalue weighted by Crippen LogP contribution is 2.52. The van der Waals surface area contributed by atoms with E-state index in [1.807, 2.05) is 19.1 Å². The van der Waals surface area contributed by atoms with E-state index in [0.29, 0.717) is 36.9 Å². The zero-order chi connectivity index (χ0) is 21.0. The molecule has 160 valence electrons. The molecule has 2 heterocycles. The molecule has 3 fully saturated rings. The molecule has 1 aliphatic carbocycles. The first kappa shape index (κ1) is 20.9. The van der Waals surface area contributed by atoms with E-state index in [1.54, 1.807) is 16.4 Å². The van der Waals surface area contributed by atoms with Gasteiger partial charge in [-0.1, -0.05) is 38.5 Å². The Morgan fingerprint density at radius 1 is 1.03 bits per heavy atom. The number of rotatable bonds is 3. The molecule has 1 saturated carbocycles. The van der Waals surface area contributed by atoms with Crippen LogP contribution in [-0.2, 0) is 14.8 Å². The Morgan fingerprint density at radius 3 is 2.28 bits per heavy atom. The summed E-state index contributed by atoms with van der Waals surface area (Å²) in [5, 5.41) is 0. The van der Waals surface area contributed by atoms with Crippen molar-refractivity contribution in [1.82, 2.24) is 9.21 Å². The van der Waals surface area contributed by atoms with Crippen LogP contribution in [0.1, 0.15) is 58.4 Å². The van der Waals surface area contributed by atoms with Crippen LogP contribution in [-0.4, -0.2) is 49.2 Å². The van der Waals surface area contributed by atoms with Gasteiger partial charge in [-0.25, -0.2) is 8.42 Å². The Morgan fingerprint density at radius 2 is 1.66 bits per heavy atom. The van der Waals surface area contributed by atoms with Gasteiger partial charge in [0.2, 0.25) is 15.9 Å². The molecule has 0 unspecified atom stereocenters. The molecule has 6 heteroatoms. The molecule has 1 aromatic carbocycles. The predicted molar refractivity (Wildman–Crippen MR) is 114 cm³/mol. The van der Waals surface area contributed by atoms with Crippen LogP contribution < -0.4 is 0 Å². The van der Waals surface area contributed by atoms with Crippen molar-refractivity contribution in [3.8, 4) is 0 Å². The maximum atomic E-state index is 13.3.